The highest BCUT2D eigenvalue weighted by atomic mass is 32.2. The van der Waals surface area contributed by atoms with E-state index in [1.807, 2.05) is 25.1 Å². The molecule has 1 atom stereocenters. The van der Waals surface area contributed by atoms with Gasteiger partial charge in [-0.25, -0.2) is 18.4 Å². The van der Waals surface area contributed by atoms with Crippen LogP contribution < -0.4 is 5.32 Å². The average Bonchev–Trinajstić information content (AvgIpc) is 2.60. The van der Waals surface area contributed by atoms with Crippen LogP contribution in [0.3, 0.4) is 0 Å². The van der Waals surface area contributed by atoms with Gasteiger partial charge in [0, 0.05) is 11.6 Å². The van der Waals surface area contributed by atoms with E-state index in [-0.39, 0.29) is 17.5 Å². The molecule has 2 N–H and O–H groups in total. The summed E-state index contributed by atoms with van der Waals surface area (Å²) in [5.41, 5.74) is 2.90. The van der Waals surface area contributed by atoms with Crippen LogP contribution in [0.5, 0.6) is 0 Å². The van der Waals surface area contributed by atoms with Gasteiger partial charge in [0.2, 0.25) is 0 Å². The van der Waals surface area contributed by atoms with Crippen molar-refractivity contribution in [3.8, 4) is 0 Å². The number of rotatable bonds is 6. The van der Waals surface area contributed by atoms with E-state index in [0.29, 0.717) is 23.1 Å². The summed E-state index contributed by atoms with van der Waals surface area (Å²) in [6.07, 6.45) is 3.21. The number of nitrogens with zero attached hydrogens (tertiary/aromatic N) is 2. The third-order valence-electron chi connectivity index (χ3n) is 4.16. The lowest BCUT2D eigenvalue weighted by Crippen LogP contribution is -2.27. The van der Waals surface area contributed by atoms with Crippen molar-refractivity contribution in [2.45, 2.75) is 24.3 Å². The molecule has 0 spiro atoms. The summed E-state index contributed by atoms with van der Waals surface area (Å²) in [6, 6.07) is 12.6. The zero-order valence-electron chi connectivity index (χ0n) is 14.7. The van der Waals surface area contributed by atoms with E-state index in [9.17, 15) is 13.5 Å². The number of aliphatic hydroxyl groups excluding tert-OH is 1. The number of hydrogen-bond acceptors (Lipinski definition) is 6. The van der Waals surface area contributed by atoms with E-state index in [4.69, 9.17) is 0 Å². The minimum absolute atomic E-state index is 0.0782. The van der Waals surface area contributed by atoms with Crippen LogP contribution in [0.2, 0.25) is 0 Å². The molecule has 0 aliphatic heterocycles. The topological polar surface area (TPSA) is 92.2 Å². The Balaban J connectivity index is 1.93. The Hall–Kier alpha value is -2.51. The van der Waals surface area contributed by atoms with E-state index < -0.39 is 9.84 Å². The molecule has 0 saturated carbocycles. The molecule has 1 unspecified atom stereocenters. The predicted octanol–water partition coefficient (Wildman–Crippen LogP) is 2.36. The molecule has 0 radical (unpaired) electrons. The molecule has 7 heteroatoms. The third kappa shape index (κ3) is 4.17. The van der Waals surface area contributed by atoms with Gasteiger partial charge in [0.25, 0.3) is 0 Å². The molecular weight excluding hydrogens is 350 g/mol. The molecule has 0 saturated heterocycles. The second kappa shape index (κ2) is 7.39. The number of nitrogens with one attached hydrogen (secondary N) is 1. The first-order chi connectivity index (χ1) is 12.4. The van der Waals surface area contributed by atoms with Crippen LogP contribution >= 0.6 is 0 Å². The summed E-state index contributed by atoms with van der Waals surface area (Å²) in [5, 5.41) is 13.6. The van der Waals surface area contributed by atoms with Gasteiger partial charge in [0.15, 0.2) is 9.84 Å². The van der Waals surface area contributed by atoms with Crippen LogP contribution in [0.25, 0.3) is 10.9 Å². The number of hydrogen-bond donors (Lipinski definition) is 2. The SMILES string of the molecule is Cc1cccc(CC(CO)Nc2ncnc3ccc(S(C)(=O)=O)cc23)c1. The van der Waals surface area contributed by atoms with Crippen molar-refractivity contribution in [1.29, 1.82) is 0 Å². The molecule has 0 amide bonds. The highest BCUT2D eigenvalue weighted by Gasteiger charge is 2.14. The smallest absolute Gasteiger partial charge is 0.175 e. The van der Waals surface area contributed by atoms with E-state index in [1.165, 1.54) is 18.6 Å². The van der Waals surface area contributed by atoms with Crippen molar-refractivity contribution in [2.24, 2.45) is 0 Å². The molecule has 1 heterocycles. The van der Waals surface area contributed by atoms with E-state index in [2.05, 4.69) is 21.4 Å². The van der Waals surface area contributed by atoms with Gasteiger partial charge >= 0.3 is 0 Å². The Morgan fingerprint density at radius 2 is 1.96 bits per heavy atom. The van der Waals surface area contributed by atoms with Gasteiger partial charge < -0.3 is 10.4 Å². The number of sulfone groups is 1. The lowest BCUT2D eigenvalue weighted by molar-refractivity contribution is 0.273. The quantitative estimate of drug-likeness (QED) is 0.691. The summed E-state index contributed by atoms with van der Waals surface area (Å²) in [6.45, 7) is 1.95. The van der Waals surface area contributed by atoms with E-state index in [1.54, 1.807) is 12.1 Å². The summed E-state index contributed by atoms with van der Waals surface area (Å²) < 4.78 is 23.7. The first-order valence-electron chi connectivity index (χ1n) is 8.24. The zero-order valence-corrected chi connectivity index (χ0v) is 15.5. The molecule has 136 valence electrons. The van der Waals surface area contributed by atoms with Crippen LogP contribution in [0.15, 0.2) is 53.7 Å². The predicted molar refractivity (Wildman–Crippen MR) is 102 cm³/mol. The Morgan fingerprint density at radius 3 is 2.65 bits per heavy atom. The Labute approximate surface area is 152 Å². The van der Waals surface area contributed by atoms with Gasteiger partial charge in [-0.1, -0.05) is 29.8 Å². The first-order valence-corrected chi connectivity index (χ1v) is 10.1. The highest BCUT2D eigenvalue weighted by molar-refractivity contribution is 7.90. The molecule has 1 aromatic heterocycles. The lowest BCUT2D eigenvalue weighted by atomic mass is 10.0. The number of anilines is 1. The van der Waals surface area contributed by atoms with Crippen molar-refractivity contribution < 1.29 is 13.5 Å². The van der Waals surface area contributed by atoms with Gasteiger partial charge in [-0.05, 0) is 37.1 Å². The molecule has 26 heavy (non-hydrogen) atoms. The minimum atomic E-state index is -3.33. The molecule has 3 aromatic rings. The van der Waals surface area contributed by atoms with Crippen LogP contribution in [0.4, 0.5) is 5.82 Å². The molecule has 0 fully saturated rings. The van der Waals surface area contributed by atoms with Crippen LogP contribution in [-0.2, 0) is 16.3 Å². The fourth-order valence-electron chi connectivity index (χ4n) is 2.86. The number of fused-ring (bicyclic) bond motifs is 1. The van der Waals surface area contributed by atoms with Crippen LogP contribution in [0, 0.1) is 6.92 Å². The monoisotopic (exact) mass is 371 g/mol. The molecule has 0 aliphatic carbocycles. The van der Waals surface area contributed by atoms with E-state index in [0.717, 1.165) is 11.1 Å². The molecule has 6 nitrogen and oxygen atoms in total. The fraction of sp³-hybridized carbons (Fsp3) is 0.263. The molecule has 2 aromatic carbocycles. The second-order valence-electron chi connectivity index (χ2n) is 6.39. The first kappa shape index (κ1) is 18.3. The zero-order chi connectivity index (χ0) is 18.7. The van der Waals surface area contributed by atoms with E-state index >= 15 is 0 Å². The van der Waals surface area contributed by atoms with Crippen molar-refractivity contribution in [1.82, 2.24) is 9.97 Å². The number of aryl methyl sites for hydroxylation is 1. The van der Waals surface area contributed by atoms with Crippen molar-refractivity contribution in [3.05, 3.63) is 59.9 Å². The Kier molecular flexibility index (Phi) is 5.20. The van der Waals surface area contributed by atoms with Crippen LogP contribution in [-0.4, -0.2) is 42.4 Å². The molecule has 3 rings (SSSR count). The number of aliphatic hydroxyl groups is 1. The highest BCUT2D eigenvalue weighted by Crippen LogP contribution is 2.24. The van der Waals surface area contributed by atoms with Gasteiger partial charge in [-0.2, -0.15) is 0 Å². The molecule has 0 aliphatic rings. The Bertz CT molecular complexity index is 1040. The maximum atomic E-state index is 11.8. The maximum Gasteiger partial charge on any atom is 0.175 e. The van der Waals surface area contributed by atoms with Crippen molar-refractivity contribution >= 4 is 26.6 Å². The van der Waals surface area contributed by atoms with Crippen molar-refractivity contribution in [2.75, 3.05) is 18.2 Å². The summed E-state index contributed by atoms with van der Waals surface area (Å²) in [5.74, 6) is 0.507. The standard InChI is InChI=1S/C19H21N3O3S/c1-13-4-3-5-14(8-13)9-15(11-23)22-19-17-10-16(26(2,24)25)6-7-18(17)20-12-21-19/h3-8,10,12,15,23H,9,11H2,1-2H3,(H,20,21,22). The van der Waals surface area contributed by atoms with Gasteiger partial charge in [-0.15, -0.1) is 0 Å². The number of benzene rings is 2. The summed E-state index contributed by atoms with van der Waals surface area (Å²) in [4.78, 5) is 8.64. The minimum Gasteiger partial charge on any atom is -0.394 e. The third-order valence-corrected chi connectivity index (χ3v) is 5.27. The average molecular weight is 371 g/mol. The normalized spacial score (nSPS) is 12.9. The second-order valence-corrected chi connectivity index (χ2v) is 8.41. The van der Waals surface area contributed by atoms with Gasteiger partial charge in [0.05, 0.1) is 23.1 Å². The molecular formula is C19H21N3O3S. The summed E-state index contributed by atoms with van der Waals surface area (Å²) >= 11 is 0. The maximum absolute atomic E-state index is 11.8. The largest absolute Gasteiger partial charge is 0.394 e. The fourth-order valence-corrected chi connectivity index (χ4v) is 3.51. The van der Waals surface area contributed by atoms with Crippen LogP contribution in [0.1, 0.15) is 11.1 Å². The van der Waals surface area contributed by atoms with Gasteiger partial charge in [-0.3, -0.25) is 0 Å². The number of aromatic nitrogens is 2. The van der Waals surface area contributed by atoms with Crippen molar-refractivity contribution in [3.63, 3.8) is 0 Å². The Morgan fingerprint density at radius 1 is 1.15 bits per heavy atom. The van der Waals surface area contributed by atoms with Gasteiger partial charge in [0.1, 0.15) is 12.1 Å². The molecule has 0 bridgehead atoms. The summed E-state index contributed by atoms with van der Waals surface area (Å²) in [7, 11) is -3.33. The lowest BCUT2D eigenvalue weighted by Gasteiger charge is -2.18.